The molecular weight excluding hydrogens is 562 g/mol. The molecule has 1 atom stereocenters. The summed E-state index contributed by atoms with van der Waals surface area (Å²) in [6.45, 7) is 13.5. The maximum atomic E-state index is 15.0. The number of nitrogens with one attached hydrogen (secondary N) is 1. The van der Waals surface area contributed by atoms with Crippen LogP contribution in [0.2, 0.25) is 0 Å². The molecular formula is C32H45F4N5O2. The first-order valence-electron chi connectivity index (χ1n) is 14.6. The van der Waals surface area contributed by atoms with Gasteiger partial charge in [-0.15, -0.1) is 0 Å². The fraction of sp³-hybridized carbons (Fsp3) is 0.500. The Labute approximate surface area is 253 Å². The van der Waals surface area contributed by atoms with Crippen LogP contribution in [0.25, 0.3) is 0 Å². The Morgan fingerprint density at radius 1 is 1.16 bits per heavy atom. The quantitative estimate of drug-likeness (QED) is 0.230. The van der Waals surface area contributed by atoms with Crippen LogP contribution in [0, 0.1) is 11.7 Å². The molecule has 2 aromatic rings. The third-order valence-corrected chi connectivity index (χ3v) is 6.01. The number of halogens is 4. The Morgan fingerprint density at radius 3 is 2.37 bits per heavy atom. The predicted octanol–water partition coefficient (Wildman–Crippen LogP) is 7.07. The van der Waals surface area contributed by atoms with Crippen LogP contribution in [-0.4, -0.2) is 61.2 Å². The molecule has 0 saturated carbocycles. The zero-order chi connectivity index (χ0) is 32.4. The van der Waals surface area contributed by atoms with Gasteiger partial charge in [0.05, 0.1) is 24.3 Å². The third kappa shape index (κ3) is 13.8. The van der Waals surface area contributed by atoms with Crippen LogP contribution in [0.5, 0.6) is 0 Å². The van der Waals surface area contributed by atoms with Gasteiger partial charge in [0.2, 0.25) is 5.95 Å². The number of aliphatic imine (C=N–C) groups is 1. The molecule has 1 aromatic carbocycles. The molecule has 238 valence electrons. The van der Waals surface area contributed by atoms with Crippen molar-refractivity contribution in [1.82, 2.24) is 15.3 Å². The number of hydrogen-bond donors (Lipinski definition) is 1. The van der Waals surface area contributed by atoms with Gasteiger partial charge in [0.25, 0.3) is 6.47 Å². The smallest absolute Gasteiger partial charge is 0.416 e. The van der Waals surface area contributed by atoms with Gasteiger partial charge in [0, 0.05) is 38.4 Å². The van der Waals surface area contributed by atoms with Crippen molar-refractivity contribution in [2.75, 3.05) is 31.6 Å². The van der Waals surface area contributed by atoms with E-state index in [1.165, 1.54) is 12.1 Å². The minimum Gasteiger partial charge on any atom is -0.468 e. The minimum atomic E-state index is -4.46. The number of ether oxygens (including phenoxy) is 1. The van der Waals surface area contributed by atoms with Gasteiger partial charge in [-0.25, -0.2) is 14.4 Å². The Morgan fingerprint density at radius 2 is 1.84 bits per heavy atom. The van der Waals surface area contributed by atoms with Crippen LogP contribution in [0.3, 0.4) is 0 Å². The highest BCUT2D eigenvalue weighted by Crippen LogP contribution is 2.27. The average Bonchev–Trinajstić information content (AvgIpc) is 3.05. The summed E-state index contributed by atoms with van der Waals surface area (Å²) in [7, 11) is 1.97. The van der Waals surface area contributed by atoms with Gasteiger partial charge in [-0.3, -0.25) is 9.79 Å². The van der Waals surface area contributed by atoms with Crippen LogP contribution >= 0.6 is 0 Å². The summed E-state index contributed by atoms with van der Waals surface area (Å²) in [5, 5.41) is 2.89. The summed E-state index contributed by atoms with van der Waals surface area (Å²) in [6.07, 6.45) is 5.07. The van der Waals surface area contributed by atoms with Crippen LogP contribution in [0.4, 0.5) is 23.5 Å². The van der Waals surface area contributed by atoms with Gasteiger partial charge in [0.15, 0.2) is 0 Å². The van der Waals surface area contributed by atoms with Crippen molar-refractivity contribution in [3.63, 3.8) is 0 Å². The molecule has 43 heavy (non-hydrogen) atoms. The molecule has 0 bridgehead atoms. The Balaban J connectivity index is 0.00000120. The first-order chi connectivity index (χ1) is 20.4. The molecule has 11 heteroatoms. The highest BCUT2D eigenvalue weighted by molar-refractivity contribution is 5.99. The minimum absolute atomic E-state index is 0.000725. The predicted molar refractivity (Wildman–Crippen MR) is 165 cm³/mol. The van der Waals surface area contributed by atoms with Crippen LogP contribution in [-0.2, 0) is 16.0 Å². The van der Waals surface area contributed by atoms with Crippen molar-refractivity contribution < 1.29 is 27.1 Å². The normalized spacial score (nSPS) is 16.7. The lowest BCUT2D eigenvalue weighted by Gasteiger charge is -2.17. The zero-order valence-electron chi connectivity index (χ0n) is 26.2. The number of aromatic nitrogens is 2. The Kier molecular flexibility index (Phi) is 16.8. The number of benzene rings is 1. The molecule has 1 aromatic heterocycles. The monoisotopic (exact) mass is 607 g/mol. The van der Waals surface area contributed by atoms with Crippen LogP contribution < -0.4 is 10.2 Å². The number of alkyl halides is 3. The van der Waals surface area contributed by atoms with Crippen molar-refractivity contribution in [1.29, 1.82) is 0 Å². The molecule has 0 amide bonds. The van der Waals surface area contributed by atoms with E-state index < -0.39 is 23.6 Å². The van der Waals surface area contributed by atoms with Gasteiger partial charge < -0.3 is 15.0 Å². The first-order valence-corrected chi connectivity index (χ1v) is 14.6. The molecule has 3 rings (SSSR count). The van der Waals surface area contributed by atoms with Gasteiger partial charge in [0.1, 0.15) is 11.7 Å². The molecule has 1 aliphatic rings. The molecule has 1 unspecified atom stereocenters. The lowest BCUT2D eigenvalue weighted by molar-refractivity contribution is -0.128. The van der Waals surface area contributed by atoms with Gasteiger partial charge in [-0.2, -0.15) is 13.2 Å². The molecule has 0 fully saturated rings. The highest BCUT2D eigenvalue weighted by Gasteiger charge is 2.32. The van der Waals surface area contributed by atoms with Crippen molar-refractivity contribution in [3.05, 3.63) is 76.9 Å². The molecule has 2 heterocycles. The van der Waals surface area contributed by atoms with E-state index in [2.05, 4.69) is 38.9 Å². The molecule has 1 N–H and O–H groups in total. The number of carbonyl (C=O) groups is 1. The van der Waals surface area contributed by atoms with Gasteiger partial charge >= 0.3 is 6.18 Å². The maximum absolute atomic E-state index is 15.0. The van der Waals surface area contributed by atoms with E-state index in [1.807, 2.05) is 25.8 Å². The number of carbonyl (C=O) groups excluding carboxylic acids is 1. The summed E-state index contributed by atoms with van der Waals surface area (Å²) in [6, 6.07) is 4.09. The highest BCUT2D eigenvalue weighted by atomic mass is 19.4. The Bertz CT molecular complexity index is 1200. The second-order valence-corrected chi connectivity index (χ2v) is 10.0. The molecule has 0 saturated heterocycles. The molecule has 0 aliphatic carbocycles. The molecule has 0 radical (unpaired) electrons. The molecule has 0 spiro atoms. The summed E-state index contributed by atoms with van der Waals surface area (Å²) >= 11 is 0. The lowest BCUT2D eigenvalue weighted by atomic mass is 10.0. The number of rotatable bonds is 10. The number of nitrogens with zero attached hydrogens (tertiary/aromatic N) is 4. The van der Waals surface area contributed by atoms with E-state index in [-0.39, 0.29) is 17.9 Å². The van der Waals surface area contributed by atoms with E-state index in [1.54, 1.807) is 38.4 Å². The fourth-order valence-corrected chi connectivity index (χ4v) is 3.94. The standard InChI is InChI=1S/C27H33F4N5.C3H6O2.C2H6/c1-18(2)7-6-12-36(4)26-33-16-21(17-34-26)14-20-9-10-23(24(28)15-20)25-32-11-5-8-22(27(29,30)31)13-19(3)35-25;1-2-5-3-4;1-2/h5,8-10,13,15-19H,6-7,11-12,14H2,1-4H3,(H,32,35);3H,2H2,1H3;1-2H3/b8-5-,22-13+;;. The summed E-state index contributed by atoms with van der Waals surface area (Å²) in [4.78, 5) is 24.4. The summed E-state index contributed by atoms with van der Waals surface area (Å²) < 4.78 is 58.6. The maximum Gasteiger partial charge on any atom is 0.416 e. The van der Waals surface area contributed by atoms with Crippen molar-refractivity contribution >= 4 is 18.3 Å². The fourth-order valence-electron chi connectivity index (χ4n) is 3.94. The van der Waals surface area contributed by atoms with E-state index in [0.717, 1.165) is 42.7 Å². The SMILES string of the molecule is CC.CC(C)CCCN(C)c1ncc(Cc2ccc(C3=NC/C=C\C(C(F)(F)F)=C/C(C)N3)c(F)c2)cn1.CCOC=O. The van der Waals surface area contributed by atoms with Crippen LogP contribution in [0.1, 0.15) is 71.1 Å². The topological polar surface area (TPSA) is 79.7 Å². The van der Waals surface area contributed by atoms with E-state index in [4.69, 9.17) is 0 Å². The molecule has 7 nitrogen and oxygen atoms in total. The van der Waals surface area contributed by atoms with E-state index >= 15 is 4.39 Å². The number of allylic oxidation sites excluding steroid dienone is 2. The van der Waals surface area contributed by atoms with E-state index in [0.29, 0.717) is 31.4 Å². The van der Waals surface area contributed by atoms with Crippen molar-refractivity contribution in [3.8, 4) is 0 Å². The van der Waals surface area contributed by atoms with Gasteiger partial charge in [-0.1, -0.05) is 52.0 Å². The second kappa shape index (κ2) is 19.4. The average molecular weight is 608 g/mol. The van der Waals surface area contributed by atoms with Gasteiger partial charge in [-0.05, 0) is 55.9 Å². The molecule has 1 aliphatic heterocycles. The third-order valence-electron chi connectivity index (χ3n) is 6.01. The summed E-state index contributed by atoms with van der Waals surface area (Å²) in [5.41, 5.74) is 1.03. The van der Waals surface area contributed by atoms with Crippen molar-refractivity contribution in [2.45, 2.75) is 73.0 Å². The van der Waals surface area contributed by atoms with Crippen molar-refractivity contribution in [2.24, 2.45) is 10.9 Å². The second-order valence-electron chi connectivity index (χ2n) is 10.0. The Hall–Kier alpha value is -3.76. The number of hydrogen-bond acceptors (Lipinski definition) is 7. The zero-order valence-corrected chi connectivity index (χ0v) is 26.2. The van der Waals surface area contributed by atoms with E-state index in [9.17, 15) is 18.0 Å². The first kappa shape index (κ1) is 37.3. The summed E-state index contributed by atoms with van der Waals surface area (Å²) in [5.74, 6) is 1.02. The number of anilines is 1. The largest absolute Gasteiger partial charge is 0.468 e. The lowest BCUT2D eigenvalue weighted by Crippen LogP contribution is -2.33. The number of amidine groups is 1. The van der Waals surface area contributed by atoms with Crippen LogP contribution in [0.15, 0.2) is 59.4 Å².